The Balaban J connectivity index is 2.15. The van der Waals surface area contributed by atoms with Crippen molar-refractivity contribution < 1.29 is 5.11 Å². The van der Waals surface area contributed by atoms with Crippen LogP contribution in [0.5, 0.6) is 5.88 Å². The van der Waals surface area contributed by atoms with Crippen molar-refractivity contribution in [2.75, 3.05) is 0 Å². The second kappa shape index (κ2) is 5.21. The molecule has 23 heavy (non-hydrogen) atoms. The standard InChI is InChI=1S/C16H9Br2N3O2/c17-7-5-9-12(16(22)20-13(9)10(18)6-7)15-14(21-23)8-3-1-2-4-11(8)19-15/h1-6,19-20,22H. The molecule has 0 bridgehead atoms. The summed E-state index contributed by atoms with van der Waals surface area (Å²) < 4.78 is 1.66. The van der Waals surface area contributed by atoms with E-state index in [0.29, 0.717) is 11.3 Å². The first-order valence-corrected chi connectivity index (χ1v) is 8.33. The quantitative estimate of drug-likeness (QED) is 0.341. The number of aromatic hydroxyl groups is 1. The van der Waals surface area contributed by atoms with Gasteiger partial charge in [-0.25, -0.2) is 0 Å². The number of nitrogens with one attached hydrogen (secondary N) is 2. The number of benzene rings is 2. The molecule has 0 aliphatic rings. The van der Waals surface area contributed by atoms with Gasteiger partial charge in [-0.1, -0.05) is 34.1 Å². The van der Waals surface area contributed by atoms with Crippen molar-refractivity contribution in [1.29, 1.82) is 0 Å². The number of aromatic nitrogens is 2. The van der Waals surface area contributed by atoms with Crippen LogP contribution in [-0.4, -0.2) is 15.1 Å². The summed E-state index contributed by atoms with van der Waals surface area (Å²) in [6.45, 7) is 0. The highest BCUT2D eigenvalue weighted by Crippen LogP contribution is 2.45. The van der Waals surface area contributed by atoms with E-state index in [0.717, 1.165) is 30.8 Å². The number of rotatable bonds is 2. The van der Waals surface area contributed by atoms with Gasteiger partial charge in [0.2, 0.25) is 0 Å². The summed E-state index contributed by atoms with van der Waals surface area (Å²) in [6.07, 6.45) is 0. The van der Waals surface area contributed by atoms with Gasteiger partial charge in [0.05, 0.1) is 16.8 Å². The van der Waals surface area contributed by atoms with Crippen molar-refractivity contribution in [2.24, 2.45) is 5.18 Å². The number of H-pyrrole nitrogens is 2. The SMILES string of the molecule is O=Nc1c(-c2c(O)[nH]c3c(Br)cc(Br)cc23)[nH]c2ccccc12. The predicted octanol–water partition coefficient (Wildman–Crippen LogP) is 5.94. The maximum Gasteiger partial charge on any atom is 0.199 e. The molecular weight excluding hydrogens is 426 g/mol. The van der Waals surface area contributed by atoms with E-state index in [4.69, 9.17) is 0 Å². The summed E-state index contributed by atoms with van der Waals surface area (Å²) in [5.41, 5.74) is 2.84. The first-order valence-electron chi connectivity index (χ1n) is 6.74. The van der Waals surface area contributed by atoms with Crippen LogP contribution in [0.3, 0.4) is 0 Å². The molecule has 4 rings (SSSR count). The topological polar surface area (TPSA) is 81.2 Å². The van der Waals surface area contributed by atoms with Gasteiger partial charge in [-0.2, -0.15) is 0 Å². The smallest absolute Gasteiger partial charge is 0.199 e. The predicted molar refractivity (Wildman–Crippen MR) is 98.1 cm³/mol. The molecule has 0 unspecified atom stereocenters. The molecule has 2 heterocycles. The van der Waals surface area contributed by atoms with Crippen LogP contribution in [0.2, 0.25) is 0 Å². The molecule has 0 amide bonds. The molecule has 114 valence electrons. The van der Waals surface area contributed by atoms with Crippen molar-refractivity contribution in [3.05, 3.63) is 50.3 Å². The zero-order valence-corrected chi connectivity index (χ0v) is 14.7. The van der Waals surface area contributed by atoms with E-state index in [9.17, 15) is 10.0 Å². The monoisotopic (exact) mass is 433 g/mol. The van der Waals surface area contributed by atoms with E-state index in [2.05, 4.69) is 47.0 Å². The second-order valence-electron chi connectivity index (χ2n) is 5.14. The Morgan fingerprint density at radius 2 is 1.83 bits per heavy atom. The normalized spacial score (nSPS) is 11.4. The molecular formula is C16H9Br2N3O2. The van der Waals surface area contributed by atoms with Crippen LogP contribution in [0, 0.1) is 4.91 Å². The molecule has 0 aliphatic heterocycles. The highest BCUT2D eigenvalue weighted by Gasteiger charge is 2.22. The van der Waals surface area contributed by atoms with Crippen molar-refractivity contribution in [3.8, 4) is 17.1 Å². The summed E-state index contributed by atoms with van der Waals surface area (Å²) in [6, 6.07) is 11.2. The lowest BCUT2D eigenvalue weighted by molar-refractivity contribution is 0.460. The highest BCUT2D eigenvalue weighted by atomic mass is 79.9. The van der Waals surface area contributed by atoms with Crippen LogP contribution in [0.1, 0.15) is 0 Å². The number of hydrogen-bond donors (Lipinski definition) is 3. The fourth-order valence-corrected chi connectivity index (χ4v) is 4.19. The van der Waals surface area contributed by atoms with Gasteiger partial charge in [-0.05, 0) is 39.3 Å². The second-order valence-corrected chi connectivity index (χ2v) is 6.91. The zero-order chi connectivity index (χ0) is 16.1. The van der Waals surface area contributed by atoms with E-state index in [1.165, 1.54) is 0 Å². The molecule has 0 fully saturated rings. The fourth-order valence-electron chi connectivity index (χ4n) is 2.86. The number of hydrogen-bond acceptors (Lipinski definition) is 3. The summed E-state index contributed by atoms with van der Waals surface area (Å²) in [4.78, 5) is 17.5. The Labute approximate surface area is 146 Å². The maximum atomic E-state index is 11.4. The van der Waals surface area contributed by atoms with Crippen LogP contribution >= 0.6 is 31.9 Å². The molecule has 3 N–H and O–H groups in total. The van der Waals surface area contributed by atoms with Crippen LogP contribution in [-0.2, 0) is 0 Å². The van der Waals surface area contributed by atoms with E-state index >= 15 is 0 Å². The average Bonchev–Trinajstić information content (AvgIpc) is 3.04. The molecule has 5 nitrogen and oxygen atoms in total. The van der Waals surface area contributed by atoms with E-state index in [1.807, 2.05) is 36.4 Å². The summed E-state index contributed by atoms with van der Waals surface area (Å²) >= 11 is 6.92. The molecule has 0 saturated heterocycles. The number of fused-ring (bicyclic) bond motifs is 2. The third-order valence-electron chi connectivity index (χ3n) is 3.82. The Morgan fingerprint density at radius 1 is 1.04 bits per heavy atom. The molecule has 0 radical (unpaired) electrons. The Morgan fingerprint density at radius 3 is 2.61 bits per heavy atom. The van der Waals surface area contributed by atoms with Gasteiger partial charge in [-0.15, -0.1) is 4.91 Å². The minimum atomic E-state index is -0.0183. The molecule has 0 saturated carbocycles. The van der Waals surface area contributed by atoms with Gasteiger partial charge in [0.1, 0.15) is 5.69 Å². The minimum Gasteiger partial charge on any atom is -0.494 e. The van der Waals surface area contributed by atoms with Crippen molar-refractivity contribution in [1.82, 2.24) is 9.97 Å². The molecule has 0 spiro atoms. The number of nitrogens with zero attached hydrogens (tertiary/aromatic N) is 1. The van der Waals surface area contributed by atoms with Gasteiger partial charge in [0.25, 0.3) is 0 Å². The van der Waals surface area contributed by atoms with Gasteiger partial charge in [0.15, 0.2) is 5.88 Å². The van der Waals surface area contributed by atoms with Gasteiger partial charge >= 0.3 is 0 Å². The van der Waals surface area contributed by atoms with Crippen molar-refractivity contribution in [3.63, 3.8) is 0 Å². The van der Waals surface area contributed by atoms with Crippen molar-refractivity contribution >= 4 is 59.4 Å². The van der Waals surface area contributed by atoms with E-state index < -0.39 is 0 Å². The maximum absolute atomic E-state index is 11.4. The number of para-hydroxylation sites is 1. The summed E-state index contributed by atoms with van der Waals surface area (Å²) in [7, 11) is 0. The minimum absolute atomic E-state index is 0.0183. The Kier molecular flexibility index (Phi) is 3.28. The molecule has 0 aliphatic carbocycles. The lowest BCUT2D eigenvalue weighted by Crippen LogP contribution is -1.78. The van der Waals surface area contributed by atoms with Crippen LogP contribution in [0.15, 0.2) is 50.5 Å². The van der Waals surface area contributed by atoms with Gasteiger partial charge in [-0.3, -0.25) is 0 Å². The molecule has 2 aromatic carbocycles. The van der Waals surface area contributed by atoms with Gasteiger partial charge < -0.3 is 15.1 Å². The third kappa shape index (κ3) is 2.11. The fraction of sp³-hybridized carbons (Fsp3) is 0. The zero-order valence-electron chi connectivity index (χ0n) is 11.5. The molecule has 2 aromatic heterocycles. The van der Waals surface area contributed by atoms with Crippen molar-refractivity contribution in [2.45, 2.75) is 0 Å². The first kappa shape index (κ1) is 14.5. The highest BCUT2D eigenvalue weighted by molar-refractivity contribution is 9.11. The lowest BCUT2D eigenvalue weighted by atomic mass is 10.1. The van der Waals surface area contributed by atoms with Crippen LogP contribution < -0.4 is 0 Å². The number of aromatic amines is 2. The summed E-state index contributed by atoms with van der Waals surface area (Å²) in [5, 5.41) is 15.1. The Hall–Kier alpha value is -2.12. The Bertz CT molecular complexity index is 1080. The first-order chi connectivity index (χ1) is 11.1. The molecule has 7 heteroatoms. The van der Waals surface area contributed by atoms with E-state index in [1.54, 1.807) is 0 Å². The van der Waals surface area contributed by atoms with Gasteiger partial charge in [0, 0.05) is 25.2 Å². The number of halogens is 2. The summed E-state index contributed by atoms with van der Waals surface area (Å²) in [5.74, 6) is -0.0183. The largest absolute Gasteiger partial charge is 0.494 e. The molecule has 4 aromatic rings. The van der Waals surface area contributed by atoms with Crippen LogP contribution in [0.25, 0.3) is 33.1 Å². The van der Waals surface area contributed by atoms with E-state index in [-0.39, 0.29) is 11.6 Å². The third-order valence-corrected chi connectivity index (χ3v) is 4.91. The average molecular weight is 435 g/mol. The lowest BCUT2D eigenvalue weighted by Gasteiger charge is -2.00. The van der Waals surface area contributed by atoms with Crippen LogP contribution in [0.4, 0.5) is 5.69 Å². The number of nitroso groups, excluding NO2 is 1. The molecule has 0 atom stereocenters.